The van der Waals surface area contributed by atoms with E-state index in [1.54, 1.807) is 19.2 Å². The summed E-state index contributed by atoms with van der Waals surface area (Å²) in [5.74, 6) is -0.236. The number of rotatable bonds is 4. The Balaban J connectivity index is 2.07. The standard InChI is InChI=1S/C14H17FO2/c1-9(17-2)6-7-10-8-12-11(14(10)16)4-3-5-13(12)15/h3-5,9-10H,6-8H2,1-2H3/t9-,10-/m1/s1. The average Bonchev–Trinajstić information content (AvgIpc) is 2.65. The monoisotopic (exact) mass is 236 g/mol. The van der Waals surface area contributed by atoms with Gasteiger partial charge >= 0.3 is 0 Å². The van der Waals surface area contributed by atoms with E-state index in [9.17, 15) is 9.18 Å². The van der Waals surface area contributed by atoms with Crippen LogP contribution in [-0.2, 0) is 11.2 Å². The molecule has 0 radical (unpaired) electrons. The Kier molecular flexibility index (Phi) is 3.57. The van der Waals surface area contributed by atoms with Gasteiger partial charge in [0, 0.05) is 18.6 Å². The normalized spacial score (nSPS) is 20.4. The molecule has 1 aromatic rings. The molecule has 0 unspecified atom stereocenters. The van der Waals surface area contributed by atoms with Gasteiger partial charge in [-0.15, -0.1) is 0 Å². The smallest absolute Gasteiger partial charge is 0.166 e. The molecule has 17 heavy (non-hydrogen) atoms. The molecule has 0 fully saturated rings. The van der Waals surface area contributed by atoms with Crippen LogP contribution in [0.15, 0.2) is 18.2 Å². The van der Waals surface area contributed by atoms with Gasteiger partial charge in [-0.05, 0) is 37.8 Å². The summed E-state index contributed by atoms with van der Waals surface area (Å²) in [6, 6.07) is 4.75. The third kappa shape index (κ3) is 2.39. The zero-order chi connectivity index (χ0) is 12.4. The largest absolute Gasteiger partial charge is 0.382 e. The summed E-state index contributed by atoms with van der Waals surface area (Å²) in [5, 5.41) is 0. The first kappa shape index (κ1) is 12.2. The molecule has 0 bridgehead atoms. The number of benzene rings is 1. The summed E-state index contributed by atoms with van der Waals surface area (Å²) in [4.78, 5) is 12.0. The number of halogens is 1. The van der Waals surface area contributed by atoms with Gasteiger partial charge < -0.3 is 4.74 Å². The molecule has 1 aliphatic carbocycles. The quantitative estimate of drug-likeness (QED) is 0.803. The number of ketones is 1. The summed E-state index contributed by atoms with van der Waals surface area (Å²) in [7, 11) is 1.66. The van der Waals surface area contributed by atoms with Gasteiger partial charge in [0.25, 0.3) is 0 Å². The number of carbonyl (C=O) groups is 1. The van der Waals surface area contributed by atoms with Gasteiger partial charge in [-0.3, -0.25) is 4.79 Å². The summed E-state index contributed by atoms with van der Waals surface area (Å²) in [5.41, 5.74) is 1.16. The third-order valence-electron chi connectivity index (χ3n) is 3.53. The van der Waals surface area contributed by atoms with Crippen molar-refractivity contribution >= 4 is 5.78 Å². The van der Waals surface area contributed by atoms with E-state index in [0.29, 0.717) is 17.5 Å². The van der Waals surface area contributed by atoms with Crippen molar-refractivity contribution in [3.8, 4) is 0 Å². The van der Waals surface area contributed by atoms with Crippen molar-refractivity contribution in [3.63, 3.8) is 0 Å². The van der Waals surface area contributed by atoms with Crippen LogP contribution in [0.1, 0.15) is 35.7 Å². The van der Waals surface area contributed by atoms with Crippen LogP contribution >= 0.6 is 0 Å². The minimum atomic E-state index is -0.252. The fourth-order valence-electron chi connectivity index (χ4n) is 2.34. The predicted molar refractivity (Wildman–Crippen MR) is 63.6 cm³/mol. The predicted octanol–water partition coefficient (Wildman–Crippen LogP) is 3.00. The lowest BCUT2D eigenvalue weighted by molar-refractivity contribution is 0.0868. The Labute approximate surface area is 101 Å². The first-order valence-electron chi connectivity index (χ1n) is 5.98. The molecule has 0 saturated carbocycles. The highest BCUT2D eigenvalue weighted by Crippen LogP contribution is 2.31. The highest BCUT2D eigenvalue weighted by atomic mass is 19.1. The van der Waals surface area contributed by atoms with Crippen LogP contribution in [0.3, 0.4) is 0 Å². The number of hydrogen-bond donors (Lipinski definition) is 0. The van der Waals surface area contributed by atoms with E-state index in [1.807, 2.05) is 6.92 Å². The SMILES string of the molecule is CO[C@H](C)CC[C@@H]1Cc2c(F)cccc2C1=O. The molecule has 2 atom stereocenters. The molecular formula is C14H17FO2. The molecule has 0 aromatic heterocycles. The van der Waals surface area contributed by atoms with E-state index in [2.05, 4.69) is 0 Å². The number of hydrogen-bond acceptors (Lipinski definition) is 2. The second kappa shape index (κ2) is 4.96. The van der Waals surface area contributed by atoms with Crippen LogP contribution in [0.5, 0.6) is 0 Å². The van der Waals surface area contributed by atoms with Crippen LogP contribution < -0.4 is 0 Å². The first-order chi connectivity index (χ1) is 8.13. The lowest BCUT2D eigenvalue weighted by Gasteiger charge is -2.12. The molecule has 2 nitrogen and oxygen atoms in total. The molecule has 3 heteroatoms. The van der Waals surface area contributed by atoms with Crippen molar-refractivity contribution in [2.24, 2.45) is 5.92 Å². The maximum atomic E-state index is 13.5. The molecule has 92 valence electrons. The Morgan fingerprint density at radius 1 is 1.53 bits per heavy atom. The molecule has 0 spiro atoms. The van der Waals surface area contributed by atoms with Gasteiger partial charge in [0.05, 0.1) is 6.10 Å². The van der Waals surface area contributed by atoms with Crippen molar-refractivity contribution in [1.82, 2.24) is 0 Å². The van der Waals surface area contributed by atoms with Crippen molar-refractivity contribution in [2.45, 2.75) is 32.3 Å². The van der Waals surface area contributed by atoms with Gasteiger partial charge in [-0.1, -0.05) is 12.1 Å². The molecule has 0 heterocycles. The zero-order valence-corrected chi connectivity index (χ0v) is 10.2. The van der Waals surface area contributed by atoms with Gasteiger partial charge in [-0.2, -0.15) is 0 Å². The Hall–Kier alpha value is -1.22. The third-order valence-corrected chi connectivity index (χ3v) is 3.53. The van der Waals surface area contributed by atoms with E-state index < -0.39 is 0 Å². The molecule has 1 aromatic carbocycles. The second-order valence-electron chi connectivity index (χ2n) is 4.65. The minimum absolute atomic E-state index is 0.0699. The van der Waals surface area contributed by atoms with E-state index in [4.69, 9.17) is 4.74 Å². The first-order valence-corrected chi connectivity index (χ1v) is 5.98. The Morgan fingerprint density at radius 3 is 2.94 bits per heavy atom. The summed E-state index contributed by atoms with van der Waals surface area (Å²) in [6.45, 7) is 1.98. The van der Waals surface area contributed by atoms with Gasteiger partial charge in [0.15, 0.2) is 5.78 Å². The Morgan fingerprint density at radius 2 is 2.29 bits per heavy atom. The molecule has 0 saturated heterocycles. The summed E-state index contributed by atoms with van der Waals surface area (Å²) >= 11 is 0. The average molecular weight is 236 g/mol. The number of carbonyl (C=O) groups excluding carboxylic acids is 1. The number of fused-ring (bicyclic) bond motifs is 1. The number of Topliss-reactive ketones (excluding diaryl/α,β-unsaturated/α-hetero) is 1. The number of ether oxygens (including phenoxy) is 1. The van der Waals surface area contributed by atoms with E-state index >= 15 is 0 Å². The molecular weight excluding hydrogens is 219 g/mol. The van der Waals surface area contributed by atoms with Crippen LogP contribution in [0.25, 0.3) is 0 Å². The summed E-state index contributed by atoms with van der Waals surface area (Å²) in [6.07, 6.45) is 2.29. The van der Waals surface area contributed by atoms with E-state index in [-0.39, 0.29) is 23.6 Å². The van der Waals surface area contributed by atoms with Crippen LogP contribution in [0, 0.1) is 11.7 Å². The van der Waals surface area contributed by atoms with Crippen molar-refractivity contribution in [3.05, 3.63) is 35.1 Å². The fourth-order valence-corrected chi connectivity index (χ4v) is 2.34. The highest BCUT2D eigenvalue weighted by Gasteiger charge is 2.32. The fraction of sp³-hybridized carbons (Fsp3) is 0.500. The lowest BCUT2D eigenvalue weighted by atomic mass is 9.97. The minimum Gasteiger partial charge on any atom is -0.382 e. The maximum Gasteiger partial charge on any atom is 0.166 e. The molecule has 2 rings (SSSR count). The molecule has 1 aliphatic rings. The highest BCUT2D eigenvalue weighted by molar-refractivity contribution is 6.02. The van der Waals surface area contributed by atoms with Crippen molar-refractivity contribution in [1.29, 1.82) is 0 Å². The van der Waals surface area contributed by atoms with Crippen LogP contribution in [0.2, 0.25) is 0 Å². The van der Waals surface area contributed by atoms with Gasteiger partial charge in [0.1, 0.15) is 5.82 Å². The van der Waals surface area contributed by atoms with Crippen LogP contribution in [0.4, 0.5) is 4.39 Å². The van der Waals surface area contributed by atoms with Crippen molar-refractivity contribution < 1.29 is 13.9 Å². The van der Waals surface area contributed by atoms with Crippen LogP contribution in [-0.4, -0.2) is 19.0 Å². The maximum absolute atomic E-state index is 13.5. The molecule has 0 aliphatic heterocycles. The Bertz CT molecular complexity index is 428. The topological polar surface area (TPSA) is 26.3 Å². The van der Waals surface area contributed by atoms with Crippen molar-refractivity contribution in [2.75, 3.05) is 7.11 Å². The second-order valence-corrected chi connectivity index (χ2v) is 4.65. The molecule has 0 N–H and O–H groups in total. The lowest BCUT2D eigenvalue weighted by Crippen LogP contribution is -2.13. The summed E-state index contributed by atoms with van der Waals surface area (Å²) < 4.78 is 18.7. The van der Waals surface area contributed by atoms with E-state index in [0.717, 1.165) is 12.8 Å². The van der Waals surface area contributed by atoms with E-state index in [1.165, 1.54) is 6.07 Å². The number of methoxy groups -OCH3 is 1. The van der Waals surface area contributed by atoms with Gasteiger partial charge in [-0.25, -0.2) is 4.39 Å². The van der Waals surface area contributed by atoms with Gasteiger partial charge in [0.2, 0.25) is 0 Å². The molecule has 0 amide bonds. The zero-order valence-electron chi connectivity index (χ0n) is 10.2.